The Morgan fingerprint density at radius 2 is 1.52 bits per heavy atom. The van der Waals surface area contributed by atoms with Crippen molar-refractivity contribution in [2.75, 3.05) is 17.2 Å². The molecule has 3 rings (SSSR count). The van der Waals surface area contributed by atoms with Crippen LogP contribution in [0.25, 0.3) is 0 Å². The van der Waals surface area contributed by atoms with Crippen molar-refractivity contribution < 1.29 is 9.53 Å². The van der Waals surface area contributed by atoms with Gasteiger partial charge in [-0.2, -0.15) is 0 Å². The minimum atomic E-state index is -0.0505. The number of aryl methyl sites for hydroxylation is 4. The Balaban J connectivity index is 1.44. The average molecular weight is 439 g/mol. The highest BCUT2D eigenvalue weighted by atomic mass is 35.5. The maximum atomic E-state index is 12.2. The lowest BCUT2D eigenvalue weighted by atomic mass is 10.1. The predicted octanol–water partition coefficient (Wildman–Crippen LogP) is 5.90. The van der Waals surface area contributed by atoms with Crippen LogP contribution in [-0.2, 0) is 4.79 Å². The molecule has 0 aliphatic carbocycles. The first kappa shape index (κ1) is 22.6. The third kappa shape index (κ3) is 6.69. The SMILES string of the molecule is Cc1cc(C)nc(Nc2ccc(NC(=O)CCCOc3cc(C)c(Cl)c(C)c3)cc2)n1. The zero-order valence-corrected chi connectivity index (χ0v) is 19.0. The number of benzene rings is 2. The van der Waals surface area contributed by atoms with Gasteiger partial charge in [0.25, 0.3) is 0 Å². The van der Waals surface area contributed by atoms with Gasteiger partial charge < -0.3 is 15.4 Å². The number of nitrogens with zero attached hydrogens (tertiary/aromatic N) is 2. The quantitative estimate of drug-likeness (QED) is 0.428. The number of anilines is 3. The highest BCUT2D eigenvalue weighted by molar-refractivity contribution is 6.32. The van der Waals surface area contributed by atoms with Crippen LogP contribution in [0.1, 0.15) is 35.4 Å². The second-order valence-corrected chi connectivity index (χ2v) is 7.93. The maximum Gasteiger partial charge on any atom is 0.227 e. The third-order valence-corrected chi connectivity index (χ3v) is 5.23. The summed E-state index contributed by atoms with van der Waals surface area (Å²) < 4.78 is 5.75. The van der Waals surface area contributed by atoms with Gasteiger partial charge in [0.2, 0.25) is 11.9 Å². The van der Waals surface area contributed by atoms with Crippen LogP contribution < -0.4 is 15.4 Å². The molecular weight excluding hydrogens is 412 g/mol. The van der Waals surface area contributed by atoms with E-state index >= 15 is 0 Å². The van der Waals surface area contributed by atoms with Crippen molar-refractivity contribution in [2.45, 2.75) is 40.5 Å². The molecule has 0 atom stereocenters. The standard InChI is InChI=1S/C24H27ClN4O2/c1-15-12-21(13-16(2)23(15)25)31-11-5-6-22(30)28-19-7-9-20(10-8-19)29-24-26-17(3)14-18(4)27-24/h7-10,12-14H,5-6,11H2,1-4H3,(H,28,30)(H,26,27,29). The number of carbonyl (C=O) groups excluding carboxylic acids is 1. The molecule has 0 bridgehead atoms. The first-order chi connectivity index (χ1) is 14.8. The number of hydrogen-bond acceptors (Lipinski definition) is 5. The minimum Gasteiger partial charge on any atom is -0.494 e. The van der Waals surface area contributed by atoms with E-state index in [-0.39, 0.29) is 5.91 Å². The number of hydrogen-bond donors (Lipinski definition) is 2. The van der Waals surface area contributed by atoms with Crippen LogP contribution in [0, 0.1) is 27.7 Å². The van der Waals surface area contributed by atoms with Crippen molar-refractivity contribution in [3.8, 4) is 5.75 Å². The van der Waals surface area contributed by atoms with Crippen molar-refractivity contribution in [1.29, 1.82) is 0 Å². The van der Waals surface area contributed by atoms with Crippen LogP contribution in [0.15, 0.2) is 42.5 Å². The van der Waals surface area contributed by atoms with Crippen molar-refractivity contribution in [2.24, 2.45) is 0 Å². The second kappa shape index (κ2) is 10.3. The lowest BCUT2D eigenvalue weighted by Gasteiger charge is -2.10. The lowest BCUT2D eigenvalue weighted by molar-refractivity contribution is -0.116. The Morgan fingerprint density at radius 1 is 0.935 bits per heavy atom. The molecule has 2 aromatic carbocycles. The maximum absolute atomic E-state index is 12.2. The Morgan fingerprint density at radius 3 is 2.13 bits per heavy atom. The summed E-state index contributed by atoms with van der Waals surface area (Å²) in [5.74, 6) is 1.28. The molecule has 0 radical (unpaired) electrons. The normalized spacial score (nSPS) is 10.6. The van der Waals surface area contributed by atoms with E-state index in [0.717, 1.165) is 44.7 Å². The van der Waals surface area contributed by atoms with E-state index < -0.39 is 0 Å². The second-order valence-electron chi connectivity index (χ2n) is 7.55. The highest BCUT2D eigenvalue weighted by Gasteiger charge is 2.06. The van der Waals surface area contributed by atoms with E-state index in [4.69, 9.17) is 16.3 Å². The van der Waals surface area contributed by atoms with Crippen molar-refractivity contribution in [3.63, 3.8) is 0 Å². The first-order valence-electron chi connectivity index (χ1n) is 10.2. The van der Waals surface area contributed by atoms with E-state index in [1.807, 2.05) is 70.2 Å². The number of rotatable bonds is 8. The van der Waals surface area contributed by atoms with Gasteiger partial charge in [-0.25, -0.2) is 9.97 Å². The van der Waals surface area contributed by atoms with Gasteiger partial charge >= 0.3 is 0 Å². The lowest BCUT2D eigenvalue weighted by Crippen LogP contribution is -2.12. The van der Waals surface area contributed by atoms with Crippen LogP contribution in [0.4, 0.5) is 17.3 Å². The fraction of sp³-hybridized carbons (Fsp3) is 0.292. The van der Waals surface area contributed by atoms with Crippen LogP contribution >= 0.6 is 11.6 Å². The monoisotopic (exact) mass is 438 g/mol. The highest BCUT2D eigenvalue weighted by Crippen LogP contribution is 2.26. The molecule has 7 heteroatoms. The summed E-state index contributed by atoms with van der Waals surface area (Å²) in [6.45, 7) is 8.23. The van der Waals surface area contributed by atoms with Gasteiger partial charge in [0, 0.05) is 34.2 Å². The summed E-state index contributed by atoms with van der Waals surface area (Å²) in [4.78, 5) is 20.9. The summed E-state index contributed by atoms with van der Waals surface area (Å²) in [6.07, 6.45) is 0.998. The van der Waals surface area contributed by atoms with Crippen molar-refractivity contribution in [1.82, 2.24) is 9.97 Å². The fourth-order valence-corrected chi connectivity index (χ4v) is 3.29. The van der Waals surface area contributed by atoms with E-state index in [1.165, 1.54) is 0 Å². The third-order valence-electron chi connectivity index (χ3n) is 4.63. The Kier molecular flexibility index (Phi) is 7.47. The molecule has 0 aliphatic heterocycles. The van der Waals surface area contributed by atoms with Gasteiger partial charge in [-0.3, -0.25) is 4.79 Å². The summed E-state index contributed by atoms with van der Waals surface area (Å²) in [5.41, 5.74) is 5.37. The molecular formula is C24H27ClN4O2. The molecule has 1 amide bonds. The molecule has 3 aromatic rings. The summed E-state index contributed by atoms with van der Waals surface area (Å²) in [7, 11) is 0. The van der Waals surface area contributed by atoms with Crippen LogP contribution in [0.5, 0.6) is 5.75 Å². The summed E-state index contributed by atoms with van der Waals surface area (Å²) >= 11 is 6.17. The van der Waals surface area contributed by atoms with Gasteiger partial charge in [-0.15, -0.1) is 0 Å². The molecule has 0 unspecified atom stereocenters. The number of halogens is 1. The van der Waals surface area contributed by atoms with E-state index in [1.54, 1.807) is 0 Å². The van der Waals surface area contributed by atoms with Crippen molar-refractivity contribution in [3.05, 3.63) is 70.0 Å². The summed E-state index contributed by atoms with van der Waals surface area (Å²) in [5, 5.41) is 6.84. The molecule has 162 valence electrons. The number of amides is 1. The van der Waals surface area contributed by atoms with Gasteiger partial charge in [-0.05, 0) is 87.7 Å². The van der Waals surface area contributed by atoms with Gasteiger partial charge in [-0.1, -0.05) is 11.6 Å². The van der Waals surface area contributed by atoms with Crippen molar-refractivity contribution >= 4 is 34.8 Å². The Bertz CT molecular complexity index is 1020. The van der Waals surface area contributed by atoms with E-state index in [2.05, 4.69) is 20.6 Å². The molecule has 0 aliphatic rings. The molecule has 0 fully saturated rings. The van der Waals surface area contributed by atoms with E-state index in [0.29, 0.717) is 25.4 Å². The molecule has 2 N–H and O–H groups in total. The predicted molar refractivity (Wildman–Crippen MR) is 126 cm³/mol. The van der Waals surface area contributed by atoms with Crippen LogP contribution in [0.3, 0.4) is 0 Å². The molecule has 0 spiro atoms. The first-order valence-corrected chi connectivity index (χ1v) is 10.6. The fourth-order valence-electron chi connectivity index (χ4n) is 3.18. The van der Waals surface area contributed by atoms with Gasteiger partial charge in [0.1, 0.15) is 5.75 Å². The van der Waals surface area contributed by atoms with Gasteiger partial charge in [0.15, 0.2) is 0 Å². The molecule has 6 nitrogen and oxygen atoms in total. The molecule has 31 heavy (non-hydrogen) atoms. The van der Waals surface area contributed by atoms with Gasteiger partial charge in [0.05, 0.1) is 6.61 Å². The number of nitrogens with one attached hydrogen (secondary N) is 2. The molecule has 0 saturated carbocycles. The number of carbonyl (C=O) groups is 1. The smallest absolute Gasteiger partial charge is 0.227 e. The van der Waals surface area contributed by atoms with E-state index in [9.17, 15) is 4.79 Å². The Hall–Kier alpha value is -3.12. The number of ether oxygens (including phenoxy) is 1. The van der Waals surface area contributed by atoms with Crippen LogP contribution in [0.2, 0.25) is 5.02 Å². The average Bonchev–Trinajstić information content (AvgIpc) is 2.70. The zero-order chi connectivity index (χ0) is 22.4. The topological polar surface area (TPSA) is 76.1 Å². The molecule has 0 saturated heterocycles. The number of aromatic nitrogens is 2. The molecule has 1 heterocycles. The Labute approximate surface area is 188 Å². The van der Waals surface area contributed by atoms with Crippen LogP contribution in [-0.4, -0.2) is 22.5 Å². The largest absolute Gasteiger partial charge is 0.494 e. The molecule has 1 aromatic heterocycles. The minimum absolute atomic E-state index is 0.0505. The summed E-state index contributed by atoms with van der Waals surface area (Å²) in [6, 6.07) is 13.2. The zero-order valence-electron chi connectivity index (χ0n) is 18.3.